The number of hydrogen-bond donors (Lipinski definition) is 1. The predicted octanol–water partition coefficient (Wildman–Crippen LogP) is 1.25. The molecule has 1 amide bonds. The van der Waals surface area contributed by atoms with Crippen LogP contribution in [0.1, 0.15) is 13.8 Å². The maximum absolute atomic E-state index is 10.7. The summed E-state index contributed by atoms with van der Waals surface area (Å²) in [6.45, 7) is 10.8. The zero-order valence-electron chi connectivity index (χ0n) is 6.48. The molecule has 0 heterocycles. The molecule has 2 nitrogen and oxygen atoms in total. The van der Waals surface area contributed by atoms with Gasteiger partial charge in [0.1, 0.15) is 0 Å². The first kappa shape index (κ1) is 8.95. The van der Waals surface area contributed by atoms with Gasteiger partial charge in [0.25, 0.3) is 0 Å². The number of amides is 1. The van der Waals surface area contributed by atoms with Gasteiger partial charge in [-0.25, -0.2) is 0 Å². The molecular formula is C8H13NO. The lowest BCUT2D eigenvalue weighted by atomic mass is 10.2. The Kier molecular flexibility index (Phi) is 3.47. The number of carbonyl (C=O) groups is 1. The van der Waals surface area contributed by atoms with E-state index in [1.165, 1.54) is 6.08 Å². The van der Waals surface area contributed by atoms with Crippen LogP contribution in [-0.2, 0) is 4.79 Å². The van der Waals surface area contributed by atoms with Crippen molar-refractivity contribution in [1.29, 1.82) is 0 Å². The van der Waals surface area contributed by atoms with E-state index in [9.17, 15) is 4.79 Å². The molecule has 2 heteroatoms. The molecule has 0 saturated heterocycles. The Morgan fingerprint density at radius 1 is 1.70 bits per heavy atom. The number of carbonyl (C=O) groups excluding carboxylic acids is 1. The van der Waals surface area contributed by atoms with Crippen LogP contribution in [-0.4, -0.2) is 11.9 Å². The summed E-state index contributed by atoms with van der Waals surface area (Å²) in [4.78, 5) is 10.7. The Balaban J connectivity index is 3.79. The van der Waals surface area contributed by atoms with Gasteiger partial charge in [-0.1, -0.05) is 18.7 Å². The molecule has 10 heavy (non-hydrogen) atoms. The standard InChI is InChI=1S/C8H13NO/c1-5-8(10)9-7(4)6(2)3/h5,7H,1-2H2,3-4H3,(H,9,10). The number of hydrogen-bond acceptors (Lipinski definition) is 1. The van der Waals surface area contributed by atoms with E-state index in [1.54, 1.807) is 0 Å². The van der Waals surface area contributed by atoms with Crippen molar-refractivity contribution in [2.75, 3.05) is 0 Å². The minimum atomic E-state index is -0.157. The van der Waals surface area contributed by atoms with Crippen molar-refractivity contribution in [3.63, 3.8) is 0 Å². The molecule has 1 atom stereocenters. The maximum atomic E-state index is 10.7. The van der Waals surface area contributed by atoms with Crippen molar-refractivity contribution in [2.45, 2.75) is 19.9 Å². The molecule has 1 unspecified atom stereocenters. The van der Waals surface area contributed by atoms with E-state index in [2.05, 4.69) is 18.5 Å². The minimum absolute atomic E-state index is 0.0329. The van der Waals surface area contributed by atoms with Gasteiger partial charge in [-0.05, 0) is 19.9 Å². The maximum Gasteiger partial charge on any atom is 0.243 e. The third-order valence-corrected chi connectivity index (χ3v) is 1.28. The van der Waals surface area contributed by atoms with Crippen molar-refractivity contribution < 1.29 is 4.79 Å². The monoisotopic (exact) mass is 139 g/mol. The second-order valence-corrected chi connectivity index (χ2v) is 2.28. The van der Waals surface area contributed by atoms with Crippen molar-refractivity contribution >= 4 is 5.91 Å². The predicted molar refractivity (Wildman–Crippen MR) is 42.6 cm³/mol. The third-order valence-electron chi connectivity index (χ3n) is 1.28. The number of rotatable bonds is 3. The van der Waals surface area contributed by atoms with Gasteiger partial charge in [0, 0.05) is 6.04 Å². The second kappa shape index (κ2) is 3.88. The van der Waals surface area contributed by atoms with Gasteiger partial charge in [-0.3, -0.25) is 4.79 Å². The van der Waals surface area contributed by atoms with Crippen molar-refractivity contribution in [3.05, 3.63) is 24.8 Å². The summed E-state index contributed by atoms with van der Waals surface area (Å²) >= 11 is 0. The van der Waals surface area contributed by atoms with Gasteiger partial charge in [-0.2, -0.15) is 0 Å². The molecule has 0 radical (unpaired) electrons. The van der Waals surface area contributed by atoms with Crippen molar-refractivity contribution in [1.82, 2.24) is 5.32 Å². The molecule has 56 valence electrons. The zero-order valence-corrected chi connectivity index (χ0v) is 6.48. The molecular weight excluding hydrogens is 126 g/mol. The first-order chi connectivity index (χ1) is 4.57. The molecule has 0 aliphatic carbocycles. The van der Waals surface area contributed by atoms with Gasteiger partial charge < -0.3 is 5.32 Å². The van der Waals surface area contributed by atoms with Crippen LogP contribution in [0, 0.1) is 0 Å². The van der Waals surface area contributed by atoms with Crippen LogP contribution in [0.2, 0.25) is 0 Å². The first-order valence-corrected chi connectivity index (χ1v) is 3.16. The lowest BCUT2D eigenvalue weighted by Crippen LogP contribution is -2.31. The molecule has 0 saturated carbocycles. The molecule has 0 spiro atoms. The normalized spacial score (nSPS) is 11.8. The van der Waals surface area contributed by atoms with Crippen molar-refractivity contribution in [3.8, 4) is 0 Å². The molecule has 1 N–H and O–H groups in total. The lowest BCUT2D eigenvalue weighted by Gasteiger charge is -2.10. The molecule has 0 rings (SSSR count). The second-order valence-electron chi connectivity index (χ2n) is 2.28. The fourth-order valence-corrected chi connectivity index (χ4v) is 0.396. The average Bonchev–Trinajstić information content (AvgIpc) is 1.87. The number of nitrogens with one attached hydrogen (secondary N) is 1. The summed E-state index contributed by atoms with van der Waals surface area (Å²) in [5.41, 5.74) is 0.940. The van der Waals surface area contributed by atoms with Crippen LogP contribution < -0.4 is 5.32 Å². The summed E-state index contributed by atoms with van der Waals surface area (Å²) < 4.78 is 0. The molecule has 0 aromatic heterocycles. The Bertz CT molecular complexity index is 161. The van der Waals surface area contributed by atoms with Gasteiger partial charge in [-0.15, -0.1) is 0 Å². The first-order valence-electron chi connectivity index (χ1n) is 3.16. The quantitative estimate of drug-likeness (QED) is 0.462. The van der Waals surface area contributed by atoms with Crippen LogP contribution >= 0.6 is 0 Å². The zero-order chi connectivity index (χ0) is 8.15. The molecule has 0 aliphatic rings. The van der Waals surface area contributed by atoms with Crippen molar-refractivity contribution in [2.24, 2.45) is 0 Å². The van der Waals surface area contributed by atoms with E-state index in [0.29, 0.717) is 0 Å². The van der Waals surface area contributed by atoms with Crippen LogP contribution in [0.3, 0.4) is 0 Å². The van der Waals surface area contributed by atoms with E-state index >= 15 is 0 Å². The molecule has 0 aromatic rings. The summed E-state index contributed by atoms with van der Waals surface area (Å²) in [6, 6.07) is 0.0329. The van der Waals surface area contributed by atoms with E-state index in [0.717, 1.165) is 5.57 Å². The SMILES string of the molecule is C=CC(=O)NC(C)C(=C)C. The highest BCUT2D eigenvalue weighted by Crippen LogP contribution is 1.94. The highest BCUT2D eigenvalue weighted by atomic mass is 16.1. The topological polar surface area (TPSA) is 29.1 Å². The molecule has 0 aromatic carbocycles. The van der Waals surface area contributed by atoms with E-state index < -0.39 is 0 Å². The molecule has 0 fully saturated rings. The van der Waals surface area contributed by atoms with Crippen LogP contribution in [0.25, 0.3) is 0 Å². The van der Waals surface area contributed by atoms with Gasteiger partial charge >= 0.3 is 0 Å². The third kappa shape index (κ3) is 3.07. The van der Waals surface area contributed by atoms with E-state index in [4.69, 9.17) is 0 Å². The van der Waals surface area contributed by atoms with Gasteiger partial charge in [0.15, 0.2) is 0 Å². The van der Waals surface area contributed by atoms with Gasteiger partial charge in [0.05, 0.1) is 0 Å². The average molecular weight is 139 g/mol. The fourth-order valence-electron chi connectivity index (χ4n) is 0.396. The largest absolute Gasteiger partial charge is 0.346 e. The van der Waals surface area contributed by atoms with Crippen LogP contribution in [0.15, 0.2) is 24.8 Å². The highest BCUT2D eigenvalue weighted by Gasteiger charge is 2.02. The Hall–Kier alpha value is -1.05. The molecule has 0 aliphatic heterocycles. The highest BCUT2D eigenvalue weighted by molar-refractivity contribution is 5.87. The van der Waals surface area contributed by atoms with E-state index in [-0.39, 0.29) is 11.9 Å². The Labute approximate surface area is 61.6 Å². The smallest absolute Gasteiger partial charge is 0.243 e. The summed E-state index contributed by atoms with van der Waals surface area (Å²) in [5.74, 6) is -0.157. The minimum Gasteiger partial charge on any atom is -0.346 e. The fraction of sp³-hybridized carbons (Fsp3) is 0.375. The van der Waals surface area contributed by atoms with Crippen LogP contribution in [0.5, 0.6) is 0 Å². The summed E-state index contributed by atoms with van der Waals surface area (Å²) in [6.07, 6.45) is 1.25. The lowest BCUT2D eigenvalue weighted by molar-refractivity contribution is -0.116. The Morgan fingerprint density at radius 3 is 2.50 bits per heavy atom. The molecule has 0 bridgehead atoms. The van der Waals surface area contributed by atoms with E-state index in [1.807, 2.05) is 13.8 Å². The van der Waals surface area contributed by atoms with Gasteiger partial charge in [0.2, 0.25) is 5.91 Å². The summed E-state index contributed by atoms with van der Waals surface area (Å²) in [5, 5.41) is 2.67. The van der Waals surface area contributed by atoms with Crippen LogP contribution in [0.4, 0.5) is 0 Å². The summed E-state index contributed by atoms with van der Waals surface area (Å²) in [7, 11) is 0. The Morgan fingerprint density at radius 2 is 2.20 bits per heavy atom.